The predicted molar refractivity (Wildman–Crippen MR) is 89.8 cm³/mol. The molecular formula is C16H15BrN2O5. The van der Waals surface area contributed by atoms with Crippen LogP contribution in [-0.4, -0.2) is 36.2 Å². The summed E-state index contributed by atoms with van der Waals surface area (Å²) in [5.41, 5.74) is -0.340. The Morgan fingerprint density at radius 3 is 2.75 bits per heavy atom. The van der Waals surface area contributed by atoms with E-state index in [-0.39, 0.29) is 5.69 Å². The molecule has 24 heavy (non-hydrogen) atoms. The normalized spacial score (nSPS) is 16.8. The van der Waals surface area contributed by atoms with Gasteiger partial charge in [0.05, 0.1) is 23.1 Å². The molecule has 2 heterocycles. The lowest BCUT2D eigenvalue weighted by Gasteiger charge is -2.35. The Hall–Kier alpha value is -2.06. The Morgan fingerprint density at radius 2 is 2.12 bits per heavy atom. The number of nitro groups is 1. The first-order valence-electron chi connectivity index (χ1n) is 7.39. The van der Waals surface area contributed by atoms with Crippen LogP contribution in [0.3, 0.4) is 0 Å². The van der Waals surface area contributed by atoms with Crippen LogP contribution in [0, 0.1) is 10.1 Å². The van der Waals surface area contributed by atoms with E-state index in [2.05, 4.69) is 20.9 Å². The summed E-state index contributed by atoms with van der Waals surface area (Å²) in [5.74, 6) is -0.485. The molecule has 1 aromatic heterocycles. The van der Waals surface area contributed by atoms with E-state index in [1.54, 1.807) is 18.2 Å². The number of methoxy groups -OCH3 is 1. The Bertz CT molecular complexity index is 817. The summed E-state index contributed by atoms with van der Waals surface area (Å²) < 4.78 is 11.1. The maximum absolute atomic E-state index is 12.7. The third-order valence-electron chi connectivity index (χ3n) is 4.41. The highest BCUT2D eigenvalue weighted by Gasteiger charge is 2.48. The second-order valence-corrected chi connectivity index (χ2v) is 6.54. The van der Waals surface area contributed by atoms with E-state index < -0.39 is 16.3 Å². The van der Waals surface area contributed by atoms with Gasteiger partial charge in [-0.05, 0) is 31.0 Å². The van der Waals surface area contributed by atoms with Gasteiger partial charge in [-0.2, -0.15) is 0 Å². The van der Waals surface area contributed by atoms with Crippen LogP contribution in [0.25, 0.3) is 10.9 Å². The molecule has 126 valence electrons. The van der Waals surface area contributed by atoms with Crippen LogP contribution in [0.2, 0.25) is 0 Å². The summed E-state index contributed by atoms with van der Waals surface area (Å²) in [5, 5.41) is 12.2. The Kier molecular flexibility index (Phi) is 4.51. The molecule has 1 aliphatic heterocycles. The van der Waals surface area contributed by atoms with E-state index in [0.717, 1.165) is 4.47 Å². The Balaban J connectivity index is 2.39. The minimum Gasteiger partial charge on any atom is -0.468 e. The van der Waals surface area contributed by atoms with Gasteiger partial charge in [-0.1, -0.05) is 15.9 Å². The maximum Gasteiger partial charge on any atom is 0.316 e. The number of ether oxygens (including phenoxy) is 2. The number of aromatic nitrogens is 1. The van der Waals surface area contributed by atoms with Crippen LogP contribution in [0.5, 0.6) is 0 Å². The van der Waals surface area contributed by atoms with Crippen LogP contribution in [-0.2, 0) is 19.7 Å². The highest BCUT2D eigenvalue weighted by molar-refractivity contribution is 9.10. The van der Waals surface area contributed by atoms with Crippen LogP contribution >= 0.6 is 15.9 Å². The zero-order valence-corrected chi connectivity index (χ0v) is 14.5. The summed E-state index contributed by atoms with van der Waals surface area (Å²) >= 11 is 3.39. The maximum atomic E-state index is 12.7. The molecule has 0 amide bonds. The van der Waals surface area contributed by atoms with Crippen molar-refractivity contribution in [1.29, 1.82) is 0 Å². The highest BCUT2D eigenvalue weighted by Crippen LogP contribution is 2.44. The summed E-state index contributed by atoms with van der Waals surface area (Å²) in [6, 6.07) is 5.32. The molecule has 3 rings (SSSR count). The van der Waals surface area contributed by atoms with Gasteiger partial charge in [-0.15, -0.1) is 0 Å². The van der Waals surface area contributed by atoms with Gasteiger partial charge < -0.3 is 9.47 Å². The number of pyridine rings is 1. The minimum absolute atomic E-state index is 0.173. The fraction of sp³-hybridized carbons (Fsp3) is 0.375. The van der Waals surface area contributed by atoms with E-state index in [4.69, 9.17) is 9.47 Å². The van der Waals surface area contributed by atoms with E-state index >= 15 is 0 Å². The quantitative estimate of drug-likeness (QED) is 0.451. The van der Waals surface area contributed by atoms with Gasteiger partial charge in [-0.25, -0.2) is 4.98 Å². The molecular weight excluding hydrogens is 380 g/mol. The summed E-state index contributed by atoms with van der Waals surface area (Å²) in [4.78, 5) is 27.9. The van der Waals surface area contributed by atoms with Crippen LogP contribution in [0.15, 0.2) is 28.9 Å². The smallest absolute Gasteiger partial charge is 0.316 e. The number of halogens is 1. The SMILES string of the molecule is COC(=O)C1(c2c([N+](=O)[O-])cnc3ccc(Br)cc23)CCOCC1. The molecule has 0 radical (unpaired) electrons. The third-order valence-corrected chi connectivity index (χ3v) is 4.90. The van der Waals surface area contributed by atoms with Crippen LogP contribution in [0.1, 0.15) is 18.4 Å². The molecule has 0 unspecified atom stereocenters. The number of nitrogens with zero attached hydrogens (tertiary/aromatic N) is 2. The zero-order valence-electron chi connectivity index (χ0n) is 13.0. The molecule has 0 saturated carbocycles. The number of esters is 1. The van der Waals surface area contributed by atoms with Gasteiger partial charge in [-0.3, -0.25) is 14.9 Å². The van der Waals surface area contributed by atoms with E-state index in [0.29, 0.717) is 42.5 Å². The molecule has 0 atom stereocenters. The van der Waals surface area contributed by atoms with Crippen molar-refractivity contribution in [3.8, 4) is 0 Å². The molecule has 0 spiro atoms. The molecule has 1 aliphatic rings. The molecule has 1 fully saturated rings. The number of carbonyl (C=O) groups is 1. The van der Waals surface area contributed by atoms with Gasteiger partial charge in [0.1, 0.15) is 11.6 Å². The third kappa shape index (κ3) is 2.65. The van der Waals surface area contributed by atoms with Crippen molar-refractivity contribution in [3.05, 3.63) is 44.5 Å². The Morgan fingerprint density at radius 1 is 1.42 bits per heavy atom. The summed E-state index contributed by atoms with van der Waals surface area (Å²) in [6.45, 7) is 0.675. The van der Waals surface area contributed by atoms with Crippen molar-refractivity contribution in [2.45, 2.75) is 18.3 Å². The standard InChI is InChI=1S/C16H15BrN2O5/c1-23-15(20)16(4-6-24-7-5-16)14-11-8-10(17)2-3-12(11)18-9-13(14)19(21)22/h2-3,8-9H,4-7H2,1H3. The lowest BCUT2D eigenvalue weighted by Crippen LogP contribution is -2.42. The average Bonchev–Trinajstić information content (AvgIpc) is 2.60. The number of rotatable bonds is 3. The lowest BCUT2D eigenvalue weighted by molar-refractivity contribution is -0.386. The van der Waals surface area contributed by atoms with E-state index in [1.165, 1.54) is 13.3 Å². The zero-order chi connectivity index (χ0) is 17.3. The highest BCUT2D eigenvalue weighted by atomic mass is 79.9. The number of hydrogen-bond acceptors (Lipinski definition) is 6. The van der Waals surface area contributed by atoms with Gasteiger partial charge in [0.15, 0.2) is 0 Å². The fourth-order valence-corrected chi connectivity index (χ4v) is 3.63. The van der Waals surface area contributed by atoms with Crippen LogP contribution < -0.4 is 0 Å². The first-order valence-corrected chi connectivity index (χ1v) is 8.18. The van der Waals surface area contributed by atoms with Crippen molar-refractivity contribution in [2.75, 3.05) is 20.3 Å². The lowest BCUT2D eigenvalue weighted by atomic mass is 9.72. The Labute approximate surface area is 146 Å². The predicted octanol–water partition coefficient (Wildman–Crippen LogP) is 3.13. The molecule has 1 aromatic carbocycles. The number of carbonyl (C=O) groups excluding carboxylic acids is 1. The molecule has 0 aliphatic carbocycles. The molecule has 0 bridgehead atoms. The molecule has 1 saturated heterocycles. The monoisotopic (exact) mass is 394 g/mol. The minimum atomic E-state index is -1.11. The second-order valence-electron chi connectivity index (χ2n) is 5.62. The molecule has 2 aromatic rings. The fourth-order valence-electron chi connectivity index (χ4n) is 3.27. The van der Waals surface area contributed by atoms with Crippen molar-refractivity contribution in [2.24, 2.45) is 0 Å². The topological polar surface area (TPSA) is 91.6 Å². The number of fused-ring (bicyclic) bond motifs is 1. The molecule has 7 nitrogen and oxygen atoms in total. The van der Waals surface area contributed by atoms with Gasteiger partial charge in [0.2, 0.25) is 0 Å². The molecule has 0 N–H and O–H groups in total. The van der Waals surface area contributed by atoms with Crippen molar-refractivity contribution >= 4 is 38.5 Å². The molecule has 8 heteroatoms. The van der Waals surface area contributed by atoms with Gasteiger partial charge >= 0.3 is 5.97 Å². The van der Waals surface area contributed by atoms with Crippen molar-refractivity contribution < 1.29 is 19.2 Å². The average molecular weight is 395 g/mol. The summed E-state index contributed by atoms with van der Waals surface area (Å²) in [6.07, 6.45) is 1.87. The van der Waals surface area contributed by atoms with Gasteiger partial charge in [0.25, 0.3) is 5.69 Å². The summed E-state index contributed by atoms with van der Waals surface area (Å²) in [7, 11) is 1.30. The van der Waals surface area contributed by atoms with Gasteiger partial charge in [0, 0.05) is 23.1 Å². The number of hydrogen-bond donors (Lipinski definition) is 0. The second kappa shape index (κ2) is 6.45. The number of benzene rings is 1. The first-order chi connectivity index (χ1) is 11.5. The van der Waals surface area contributed by atoms with Crippen LogP contribution in [0.4, 0.5) is 5.69 Å². The first kappa shape index (κ1) is 16.8. The van der Waals surface area contributed by atoms with Crippen molar-refractivity contribution in [1.82, 2.24) is 4.98 Å². The largest absolute Gasteiger partial charge is 0.468 e. The van der Waals surface area contributed by atoms with E-state index in [9.17, 15) is 14.9 Å². The van der Waals surface area contributed by atoms with E-state index in [1.807, 2.05) is 0 Å². The van der Waals surface area contributed by atoms with Crippen molar-refractivity contribution in [3.63, 3.8) is 0 Å².